The number of aryl methyl sites for hydroxylation is 1. The average molecular weight is 550 g/mol. The van der Waals surface area contributed by atoms with Crippen LogP contribution in [-0.2, 0) is 23.1 Å². The summed E-state index contributed by atoms with van der Waals surface area (Å²) >= 11 is 0. The lowest BCUT2D eigenvalue weighted by atomic mass is 9.91. The molecule has 6 nitrogen and oxygen atoms in total. The lowest BCUT2D eigenvalue weighted by molar-refractivity contribution is -0.120. The van der Waals surface area contributed by atoms with E-state index >= 15 is 0 Å². The molecule has 1 amide bonds. The first-order valence-electron chi connectivity index (χ1n) is 14.0. The van der Waals surface area contributed by atoms with Crippen molar-refractivity contribution < 1.29 is 14.3 Å². The second-order valence-electron chi connectivity index (χ2n) is 11.2. The van der Waals surface area contributed by atoms with Gasteiger partial charge in [0, 0.05) is 42.2 Å². The maximum absolute atomic E-state index is 13.7. The summed E-state index contributed by atoms with van der Waals surface area (Å²) in [7, 11) is 3.41. The van der Waals surface area contributed by atoms with Crippen LogP contribution in [0, 0.1) is 5.41 Å². The summed E-state index contributed by atoms with van der Waals surface area (Å²) in [6.45, 7) is 10.6. The average Bonchev–Trinajstić information content (AvgIpc) is 3.35. The third-order valence-corrected chi connectivity index (χ3v) is 6.92. The summed E-state index contributed by atoms with van der Waals surface area (Å²) in [6, 6.07) is 24.1. The number of hydrogen-bond donors (Lipinski definition) is 0. The Kier molecular flexibility index (Phi) is 8.92. The zero-order valence-corrected chi connectivity index (χ0v) is 25.1. The molecule has 212 valence electrons. The van der Waals surface area contributed by atoms with E-state index in [2.05, 4.69) is 85.1 Å². The zero-order chi connectivity index (χ0) is 29.7. The summed E-state index contributed by atoms with van der Waals surface area (Å²) in [5, 5.41) is 2.83. The van der Waals surface area contributed by atoms with Gasteiger partial charge in [0.1, 0.15) is 5.82 Å². The molecule has 3 aromatic carbocycles. The predicted octanol–water partition coefficient (Wildman–Crippen LogP) is 8.18. The normalized spacial score (nSPS) is 11.2. The van der Waals surface area contributed by atoms with Crippen LogP contribution in [-0.4, -0.2) is 28.5 Å². The molecular weight excluding hydrogens is 510 g/mol. The molecule has 6 heteroatoms. The van der Waals surface area contributed by atoms with E-state index in [4.69, 9.17) is 4.74 Å². The smallest absolute Gasteiger partial charge is 0.337 e. The van der Waals surface area contributed by atoms with Crippen molar-refractivity contribution in [3.63, 3.8) is 0 Å². The summed E-state index contributed by atoms with van der Waals surface area (Å²) in [4.78, 5) is 32.1. The Morgan fingerprint density at radius 2 is 1.59 bits per heavy atom. The molecule has 0 spiro atoms. The largest absolute Gasteiger partial charge is 0.465 e. The molecule has 0 unspecified atom stereocenters. The Labute approximate surface area is 242 Å². The van der Waals surface area contributed by atoms with E-state index in [1.807, 2.05) is 33.0 Å². The van der Waals surface area contributed by atoms with Crippen molar-refractivity contribution in [2.45, 2.75) is 47.6 Å². The van der Waals surface area contributed by atoms with Crippen molar-refractivity contribution in [2.24, 2.45) is 12.5 Å². The molecule has 41 heavy (non-hydrogen) atoms. The third-order valence-electron chi connectivity index (χ3n) is 6.92. The standard InChI is InChI=1S/C33H33N3O3.C2H6/c1-33(2,3)20-30(37)36(31-28-12-10-27(32(38)39-5)19-25(28)14-16-34-31)21-22-6-8-23(9-7-22)24-11-13-29-26(18-24)15-17-35(29)4;1-2/h6-19H,20-21H2,1-5H3;1-2H3. The minimum atomic E-state index is -0.401. The number of esters is 1. The predicted molar refractivity (Wildman–Crippen MR) is 168 cm³/mol. The SMILES string of the molecule is CC.COC(=O)c1ccc2c(N(Cc3ccc(-c4ccc5c(ccn5C)c4)cc3)C(=O)CC(C)(C)C)nccc2c1. The minimum absolute atomic E-state index is 0.00171. The molecule has 0 radical (unpaired) electrons. The van der Waals surface area contributed by atoms with E-state index in [1.54, 1.807) is 23.2 Å². The molecule has 0 atom stereocenters. The zero-order valence-electron chi connectivity index (χ0n) is 25.1. The van der Waals surface area contributed by atoms with E-state index in [0.29, 0.717) is 24.3 Å². The first-order chi connectivity index (χ1) is 19.6. The first kappa shape index (κ1) is 29.5. The fraction of sp³-hybridized carbons (Fsp3) is 0.286. The highest BCUT2D eigenvalue weighted by atomic mass is 16.5. The number of benzene rings is 3. The first-order valence-corrected chi connectivity index (χ1v) is 14.0. The lowest BCUT2D eigenvalue weighted by Crippen LogP contribution is -2.34. The number of ether oxygens (including phenoxy) is 1. The van der Waals surface area contributed by atoms with Gasteiger partial charge >= 0.3 is 5.97 Å². The monoisotopic (exact) mass is 549 g/mol. The number of fused-ring (bicyclic) bond motifs is 2. The Morgan fingerprint density at radius 1 is 0.878 bits per heavy atom. The number of methoxy groups -OCH3 is 1. The van der Waals surface area contributed by atoms with Gasteiger partial charge in [-0.15, -0.1) is 0 Å². The topological polar surface area (TPSA) is 64.4 Å². The van der Waals surface area contributed by atoms with Crippen LogP contribution in [0.15, 0.2) is 85.2 Å². The van der Waals surface area contributed by atoms with Crippen LogP contribution in [0.4, 0.5) is 5.82 Å². The molecule has 0 fully saturated rings. The second-order valence-corrected chi connectivity index (χ2v) is 11.2. The number of carbonyl (C=O) groups excluding carboxylic acids is 2. The molecule has 5 rings (SSSR count). The van der Waals surface area contributed by atoms with Gasteiger partial charge in [-0.2, -0.15) is 0 Å². The van der Waals surface area contributed by atoms with Crippen LogP contribution in [0.3, 0.4) is 0 Å². The van der Waals surface area contributed by atoms with Gasteiger partial charge in [-0.05, 0) is 70.0 Å². The Balaban J connectivity index is 0.00000189. The van der Waals surface area contributed by atoms with E-state index < -0.39 is 5.97 Å². The number of hydrogen-bond acceptors (Lipinski definition) is 4. The van der Waals surface area contributed by atoms with Gasteiger partial charge in [0.15, 0.2) is 0 Å². The van der Waals surface area contributed by atoms with Crippen LogP contribution < -0.4 is 4.90 Å². The van der Waals surface area contributed by atoms with Crippen LogP contribution >= 0.6 is 0 Å². The Morgan fingerprint density at radius 3 is 2.27 bits per heavy atom. The quantitative estimate of drug-likeness (QED) is 0.200. The lowest BCUT2D eigenvalue weighted by Gasteiger charge is -2.27. The molecule has 0 aliphatic rings. The molecular formula is C35H39N3O3. The number of aromatic nitrogens is 2. The van der Waals surface area contributed by atoms with Crippen LogP contribution in [0.25, 0.3) is 32.8 Å². The summed E-state index contributed by atoms with van der Waals surface area (Å²) in [5.74, 6) is 0.178. The number of anilines is 1. The van der Waals surface area contributed by atoms with Crippen molar-refractivity contribution in [2.75, 3.05) is 12.0 Å². The maximum Gasteiger partial charge on any atom is 0.337 e. The second kappa shape index (κ2) is 12.4. The van der Waals surface area contributed by atoms with Gasteiger partial charge in [0.05, 0.1) is 19.2 Å². The highest BCUT2D eigenvalue weighted by Crippen LogP contribution is 2.31. The number of nitrogens with zero attached hydrogens (tertiary/aromatic N) is 3. The van der Waals surface area contributed by atoms with Crippen molar-refractivity contribution in [1.82, 2.24) is 9.55 Å². The van der Waals surface area contributed by atoms with E-state index in [-0.39, 0.29) is 11.3 Å². The number of pyridine rings is 1. The van der Waals surface area contributed by atoms with E-state index in [0.717, 1.165) is 27.5 Å². The number of rotatable bonds is 6. The maximum atomic E-state index is 13.7. The van der Waals surface area contributed by atoms with Gasteiger partial charge in [-0.25, -0.2) is 9.78 Å². The fourth-order valence-corrected chi connectivity index (χ4v) is 4.90. The molecule has 0 saturated heterocycles. The highest BCUT2D eigenvalue weighted by molar-refractivity contribution is 6.04. The van der Waals surface area contributed by atoms with Crippen LogP contribution in [0.5, 0.6) is 0 Å². The third kappa shape index (κ3) is 6.65. The van der Waals surface area contributed by atoms with Gasteiger partial charge in [-0.1, -0.05) is 65.0 Å². The fourth-order valence-electron chi connectivity index (χ4n) is 4.90. The molecule has 2 aromatic heterocycles. The molecule has 2 heterocycles. The van der Waals surface area contributed by atoms with Crippen molar-refractivity contribution >= 4 is 39.4 Å². The molecule has 0 aliphatic carbocycles. The molecule has 0 bridgehead atoms. The number of carbonyl (C=O) groups is 2. The molecule has 0 N–H and O–H groups in total. The summed E-state index contributed by atoms with van der Waals surface area (Å²) in [6.07, 6.45) is 4.12. The summed E-state index contributed by atoms with van der Waals surface area (Å²) in [5.41, 5.74) is 4.75. The van der Waals surface area contributed by atoms with E-state index in [9.17, 15) is 9.59 Å². The van der Waals surface area contributed by atoms with Crippen molar-refractivity contribution in [3.05, 3.63) is 96.3 Å². The number of amides is 1. The molecule has 0 aliphatic heterocycles. The molecule has 0 saturated carbocycles. The summed E-state index contributed by atoms with van der Waals surface area (Å²) < 4.78 is 6.99. The Hall–Kier alpha value is -4.45. The van der Waals surface area contributed by atoms with Crippen LogP contribution in [0.1, 0.15) is 57.0 Å². The van der Waals surface area contributed by atoms with Gasteiger partial charge < -0.3 is 9.30 Å². The van der Waals surface area contributed by atoms with Gasteiger partial charge in [0.2, 0.25) is 5.91 Å². The highest BCUT2D eigenvalue weighted by Gasteiger charge is 2.25. The van der Waals surface area contributed by atoms with Crippen molar-refractivity contribution in [3.8, 4) is 11.1 Å². The van der Waals surface area contributed by atoms with Crippen LogP contribution in [0.2, 0.25) is 0 Å². The van der Waals surface area contributed by atoms with Crippen molar-refractivity contribution in [1.29, 1.82) is 0 Å². The Bertz CT molecular complexity index is 1680. The molecule has 5 aromatic rings. The van der Waals surface area contributed by atoms with E-state index in [1.165, 1.54) is 18.0 Å². The van der Waals surface area contributed by atoms with Gasteiger partial charge in [-0.3, -0.25) is 9.69 Å². The minimum Gasteiger partial charge on any atom is -0.465 e. The van der Waals surface area contributed by atoms with Gasteiger partial charge in [0.25, 0.3) is 0 Å².